The summed E-state index contributed by atoms with van der Waals surface area (Å²) in [7, 11) is 0. The highest BCUT2D eigenvalue weighted by molar-refractivity contribution is 6.06. The number of nitrogens with zero attached hydrogens (tertiary/aromatic N) is 2. The maximum Gasteiger partial charge on any atom is 0.275 e. The highest BCUT2D eigenvalue weighted by atomic mass is 16.6. The van der Waals surface area contributed by atoms with E-state index < -0.39 is 16.7 Å². The zero-order valence-corrected chi connectivity index (χ0v) is 15.6. The first-order valence-corrected chi connectivity index (χ1v) is 8.36. The van der Waals surface area contributed by atoms with Crippen molar-refractivity contribution in [3.05, 3.63) is 63.2 Å². The molecule has 3 N–H and O–H groups in total. The molecule has 0 aliphatic rings. The first-order chi connectivity index (χ1) is 13.2. The Hall–Kier alpha value is -3.75. The van der Waals surface area contributed by atoms with Crippen LogP contribution in [0, 0.1) is 24.0 Å². The number of rotatable bonds is 6. The molecule has 2 amide bonds. The lowest BCUT2D eigenvalue weighted by Crippen LogP contribution is -2.22. The van der Waals surface area contributed by atoms with Gasteiger partial charge in [0, 0.05) is 17.8 Å². The van der Waals surface area contributed by atoms with Crippen molar-refractivity contribution in [3.8, 4) is 5.75 Å². The van der Waals surface area contributed by atoms with Crippen molar-refractivity contribution < 1.29 is 19.6 Å². The van der Waals surface area contributed by atoms with Crippen LogP contribution in [0.25, 0.3) is 0 Å². The Bertz CT molecular complexity index is 969. The topological polar surface area (TPSA) is 134 Å². The molecule has 0 atom stereocenters. The fourth-order valence-electron chi connectivity index (χ4n) is 2.37. The normalized spacial score (nSPS) is 11.0. The first-order valence-electron chi connectivity index (χ1n) is 8.36. The van der Waals surface area contributed by atoms with Crippen molar-refractivity contribution in [2.75, 3.05) is 5.32 Å². The molecule has 2 rings (SSSR count). The van der Waals surface area contributed by atoms with E-state index in [1.807, 2.05) is 0 Å². The summed E-state index contributed by atoms with van der Waals surface area (Å²) in [6.45, 7) is 4.94. The summed E-state index contributed by atoms with van der Waals surface area (Å²) in [4.78, 5) is 34.6. The maximum atomic E-state index is 12.2. The zero-order valence-electron chi connectivity index (χ0n) is 15.6. The van der Waals surface area contributed by atoms with E-state index in [-0.39, 0.29) is 23.4 Å². The summed E-state index contributed by atoms with van der Waals surface area (Å²) in [6, 6.07) is 8.94. The molecule has 0 radical (unpaired) electrons. The molecule has 0 unspecified atom stereocenters. The van der Waals surface area contributed by atoms with E-state index in [1.54, 1.807) is 39.0 Å². The van der Waals surface area contributed by atoms with Gasteiger partial charge in [-0.15, -0.1) is 0 Å². The molecule has 0 aliphatic carbocycles. The fourth-order valence-corrected chi connectivity index (χ4v) is 2.37. The van der Waals surface area contributed by atoms with Crippen LogP contribution in [0.3, 0.4) is 0 Å². The van der Waals surface area contributed by atoms with Gasteiger partial charge in [0.2, 0.25) is 5.91 Å². The number of hydrogen-bond donors (Lipinski definition) is 3. The third-order valence-electron chi connectivity index (χ3n) is 3.95. The number of anilines is 1. The van der Waals surface area contributed by atoms with Gasteiger partial charge >= 0.3 is 0 Å². The summed E-state index contributed by atoms with van der Waals surface area (Å²) in [6.07, 6.45) is -0.123. The van der Waals surface area contributed by atoms with E-state index in [2.05, 4.69) is 15.8 Å². The lowest BCUT2D eigenvalue weighted by molar-refractivity contribution is -0.384. The van der Waals surface area contributed by atoms with Crippen LogP contribution >= 0.6 is 0 Å². The molecule has 0 heterocycles. The van der Waals surface area contributed by atoms with E-state index in [4.69, 9.17) is 0 Å². The second kappa shape index (κ2) is 8.76. The number of nitrogens with one attached hydrogen (secondary N) is 2. The number of para-hydroxylation sites is 1. The number of carbonyl (C=O) groups excluding carboxylic acids is 2. The summed E-state index contributed by atoms with van der Waals surface area (Å²) in [5.74, 6) is -1.17. The third kappa shape index (κ3) is 5.13. The second-order valence-corrected chi connectivity index (χ2v) is 6.24. The second-order valence-electron chi connectivity index (χ2n) is 6.24. The van der Waals surface area contributed by atoms with E-state index in [9.17, 15) is 24.8 Å². The van der Waals surface area contributed by atoms with Crippen molar-refractivity contribution in [2.24, 2.45) is 5.10 Å². The first kappa shape index (κ1) is 20.6. The van der Waals surface area contributed by atoms with Crippen molar-refractivity contribution >= 4 is 28.9 Å². The third-order valence-corrected chi connectivity index (χ3v) is 3.95. The number of amides is 2. The van der Waals surface area contributed by atoms with Crippen LogP contribution in [-0.4, -0.2) is 27.6 Å². The smallest absolute Gasteiger partial charge is 0.275 e. The predicted octanol–water partition coefficient (Wildman–Crippen LogP) is 3.05. The molecule has 146 valence electrons. The highest BCUT2D eigenvalue weighted by Crippen LogP contribution is 2.22. The minimum absolute atomic E-state index is 0.0771. The van der Waals surface area contributed by atoms with Gasteiger partial charge in [0.25, 0.3) is 11.6 Å². The molecule has 0 aromatic heterocycles. The predicted molar refractivity (Wildman–Crippen MR) is 104 cm³/mol. The molecule has 0 spiro atoms. The molecule has 0 saturated heterocycles. The summed E-state index contributed by atoms with van der Waals surface area (Å²) in [5, 5.41) is 27.2. The number of carbonyl (C=O) groups is 2. The SMILES string of the molecule is C/C(CC(=O)Nc1cc([N+](=O)[O-])ccc1C)=N/NC(=O)c1cccc(C)c1O. The fraction of sp³-hybridized carbons (Fsp3) is 0.211. The monoisotopic (exact) mass is 384 g/mol. The summed E-state index contributed by atoms with van der Waals surface area (Å²) in [5.41, 5.74) is 4.13. The van der Waals surface area contributed by atoms with Crippen LogP contribution in [0.2, 0.25) is 0 Å². The Morgan fingerprint density at radius 3 is 2.57 bits per heavy atom. The summed E-state index contributed by atoms with van der Waals surface area (Å²) >= 11 is 0. The number of aryl methyl sites for hydroxylation is 2. The minimum Gasteiger partial charge on any atom is -0.507 e. The lowest BCUT2D eigenvalue weighted by atomic mass is 10.1. The molecule has 0 saturated carbocycles. The van der Waals surface area contributed by atoms with Gasteiger partial charge in [0.05, 0.1) is 22.6 Å². The number of phenols is 1. The van der Waals surface area contributed by atoms with Crippen molar-refractivity contribution in [1.29, 1.82) is 0 Å². The van der Waals surface area contributed by atoms with Gasteiger partial charge in [0.1, 0.15) is 5.75 Å². The van der Waals surface area contributed by atoms with Crippen LogP contribution in [0.4, 0.5) is 11.4 Å². The van der Waals surface area contributed by atoms with Crippen LogP contribution in [-0.2, 0) is 4.79 Å². The molecule has 9 nitrogen and oxygen atoms in total. The van der Waals surface area contributed by atoms with Crippen LogP contribution < -0.4 is 10.7 Å². The number of nitro benzene ring substituents is 1. The Morgan fingerprint density at radius 1 is 1.18 bits per heavy atom. The Labute approximate surface area is 161 Å². The average Bonchev–Trinajstić information content (AvgIpc) is 2.63. The van der Waals surface area contributed by atoms with Gasteiger partial charge in [-0.1, -0.05) is 18.2 Å². The molecular weight excluding hydrogens is 364 g/mol. The van der Waals surface area contributed by atoms with Gasteiger partial charge in [-0.05, 0) is 38.0 Å². The molecule has 0 fully saturated rings. The van der Waals surface area contributed by atoms with E-state index in [0.717, 1.165) is 0 Å². The Balaban J connectivity index is 2.00. The Morgan fingerprint density at radius 2 is 1.89 bits per heavy atom. The quantitative estimate of drug-likeness (QED) is 0.400. The standard InChI is InChI=1S/C19H20N4O5/c1-11-7-8-14(23(27)28)10-16(11)20-17(24)9-13(3)21-22-19(26)15-6-4-5-12(2)18(15)25/h4-8,10,25H,9H2,1-3H3,(H,20,24)(H,22,26)/b21-13-. The van der Waals surface area contributed by atoms with E-state index in [1.165, 1.54) is 18.2 Å². The zero-order chi connectivity index (χ0) is 20.8. The van der Waals surface area contributed by atoms with Crippen LogP contribution in [0.1, 0.15) is 34.8 Å². The van der Waals surface area contributed by atoms with Gasteiger partial charge < -0.3 is 10.4 Å². The van der Waals surface area contributed by atoms with Gasteiger partial charge in [-0.2, -0.15) is 5.10 Å². The molecular formula is C19H20N4O5. The molecule has 0 bridgehead atoms. The number of hydrazone groups is 1. The van der Waals surface area contributed by atoms with Crippen LogP contribution in [0.15, 0.2) is 41.5 Å². The minimum atomic E-state index is -0.601. The van der Waals surface area contributed by atoms with Gasteiger partial charge in [-0.25, -0.2) is 5.43 Å². The van der Waals surface area contributed by atoms with Crippen molar-refractivity contribution in [3.63, 3.8) is 0 Å². The largest absolute Gasteiger partial charge is 0.507 e. The number of non-ortho nitro benzene ring substituents is 1. The number of nitro groups is 1. The van der Waals surface area contributed by atoms with E-state index in [0.29, 0.717) is 22.5 Å². The lowest BCUT2D eigenvalue weighted by Gasteiger charge is -2.09. The highest BCUT2D eigenvalue weighted by Gasteiger charge is 2.14. The summed E-state index contributed by atoms with van der Waals surface area (Å²) < 4.78 is 0. The Kier molecular flexibility index (Phi) is 6.43. The van der Waals surface area contributed by atoms with Crippen molar-refractivity contribution in [2.45, 2.75) is 27.2 Å². The number of phenolic OH excluding ortho intramolecular Hbond substituents is 1. The maximum absolute atomic E-state index is 12.2. The molecule has 0 aliphatic heterocycles. The number of aromatic hydroxyl groups is 1. The molecule has 28 heavy (non-hydrogen) atoms. The van der Waals surface area contributed by atoms with Gasteiger partial charge in [-0.3, -0.25) is 19.7 Å². The van der Waals surface area contributed by atoms with Crippen LogP contribution in [0.5, 0.6) is 5.75 Å². The van der Waals surface area contributed by atoms with E-state index >= 15 is 0 Å². The number of benzene rings is 2. The molecule has 9 heteroatoms. The van der Waals surface area contributed by atoms with Crippen molar-refractivity contribution in [1.82, 2.24) is 5.43 Å². The number of hydrogen-bond acceptors (Lipinski definition) is 6. The molecule has 2 aromatic carbocycles. The molecule has 2 aromatic rings. The van der Waals surface area contributed by atoms with Gasteiger partial charge in [0.15, 0.2) is 0 Å². The average molecular weight is 384 g/mol.